The van der Waals surface area contributed by atoms with Gasteiger partial charge in [0.15, 0.2) is 0 Å². The number of rotatable bonds is 7. The van der Waals surface area contributed by atoms with Gasteiger partial charge in [0.1, 0.15) is 17.0 Å². The Hall–Kier alpha value is -3.71. The number of carbonyl (C=O) groups excluding carboxylic acids is 1. The van der Waals surface area contributed by atoms with Crippen LogP contribution in [0.4, 0.5) is 11.5 Å². The number of para-hydroxylation sites is 1. The SMILES string of the molecule is C[C@@H](Nc1ncnc2sc3c(c12)CCN(C(=O)C=CCNc1ccccc1)C3)c1ccccc1. The normalized spacial score (nSPS) is 14.2. The molecule has 0 aliphatic carbocycles. The third-order valence-electron chi connectivity index (χ3n) is 6.06. The molecule has 5 rings (SSSR count). The minimum atomic E-state index is 0.0418. The van der Waals surface area contributed by atoms with Crippen molar-refractivity contribution in [3.8, 4) is 0 Å². The lowest BCUT2D eigenvalue weighted by Crippen LogP contribution is -2.34. The maximum atomic E-state index is 12.8. The number of benzene rings is 2. The minimum absolute atomic E-state index is 0.0418. The fraction of sp³-hybridized carbons (Fsp3) is 0.222. The lowest BCUT2D eigenvalue weighted by atomic mass is 10.0. The van der Waals surface area contributed by atoms with E-state index < -0.39 is 0 Å². The fourth-order valence-electron chi connectivity index (χ4n) is 4.25. The number of carbonyl (C=O) groups is 1. The van der Waals surface area contributed by atoms with Crippen LogP contribution in [-0.2, 0) is 17.8 Å². The molecule has 2 N–H and O–H groups in total. The van der Waals surface area contributed by atoms with Crippen LogP contribution in [0.3, 0.4) is 0 Å². The summed E-state index contributed by atoms with van der Waals surface area (Å²) in [4.78, 5) is 25.9. The Morgan fingerprint density at radius 2 is 1.88 bits per heavy atom. The van der Waals surface area contributed by atoms with Gasteiger partial charge in [-0.15, -0.1) is 11.3 Å². The van der Waals surface area contributed by atoms with Gasteiger partial charge in [0.05, 0.1) is 11.9 Å². The highest BCUT2D eigenvalue weighted by Crippen LogP contribution is 2.38. The van der Waals surface area contributed by atoms with Gasteiger partial charge in [-0.3, -0.25) is 4.79 Å². The molecule has 7 heteroatoms. The number of anilines is 2. The second-order valence-corrected chi connectivity index (χ2v) is 9.43. The Morgan fingerprint density at radius 1 is 1.12 bits per heavy atom. The summed E-state index contributed by atoms with van der Waals surface area (Å²) in [6.07, 6.45) is 5.98. The smallest absolute Gasteiger partial charge is 0.246 e. The summed E-state index contributed by atoms with van der Waals surface area (Å²) in [6, 6.07) is 20.5. The van der Waals surface area contributed by atoms with Gasteiger partial charge in [-0.25, -0.2) is 9.97 Å². The molecular weight excluding hydrogens is 442 g/mol. The van der Waals surface area contributed by atoms with E-state index in [-0.39, 0.29) is 11.9 Å². The van der Waals surface area contributed by atoms with Gasteiger partial charge in [-0.05, 0) is 36.6 Å². The first-order valence-electron chi connectivity index (χ1n) is 11.5. The molecule has 2 aromatic carbocycles. The van der Waals surface area contributed by atoms with E-state index in [0.717, 1.165) is 28.1 Å². The van der Waals surface area contributed by atoms with E-state index >= 15 is 0 Å². The zero-order valence-corrected chi connectivity index (χ0v) is 19.9. The van der Waals surface area contributed by atoms with Crippen LogP contribution in [-0.4, -0.2) is 33.9 Å². The van der Waals surface area contributed by atoms with Gasteiger partial charge >= 0.3 is 0 Å². The molecule has 1 aliphatic rings. The van der Waals surface area contributed by atoms with Crippen molar-refractivity contribution in [3.63, 3.8) is 0 Å². The molecule has 4 aromatic rings. The molecule has 0 spiro atoms. The van der Waals surface area contributed by atoms with E-state index in [1.165, 1.54) is 16.0 Å². The van der Waals surface area contributed by atoms with Crippen LogP contribution in [0.2, 0.25) is 0 Å². The van der Waals surface area contributed by atoms with E-state index in [1.807, 2.05) is 59.5 Å². The van der Waals surface area contributed by atoms with Crippen molar-refractivity contribution in [1.82, 2.24) is 14.9 Å². The van der Waals surface area contributed by atoms with Crippen molar-refractivity contribution in [2.45, 2.75) is 25.9 Å². The molecule has 0 radical (unpaired) electrons. The van der Waals surface area contributed by atoms with Gasteiger partial charge in [0.25, 0.3) is 0 Å². The van der Waals surface area contributed by atoms with Crippen molar-refractivity contribution in [3.05, 3.63) is 95.1 Å². The maximum absolute atomic E-state index is 12.8. The van der Waals surface area contributed by atoms with Gasteiger partial charge < -0.3 is 15.5 Å². The molecule has 172 valence electrons. The highest BCUT2D eigenvalue weighted by molar-refractivity contribution is 7.19. The molecule has 0 fully saturated rings. The first-order valence-corrected chi connectivity index (χ1v) is 12.3. The molecule has 34 heavy (non-hydrogen) atoms. The van der Waals surface area contributed by atoms with E-state index in [9.17, 15) is 4.79 Å². The van der Waals surface area contributed by atoms with Gasteiger partial charge in [-0.2, -0.15) is 0 Å². The largest absolute Gasteiger partial charge is 0.382 e. The summed E-state index contributed by atoms with van der Waals surface area (Å²) in [6.45, 7) is 4.06. The average Bonchev–Trinajstić information content (AvgIpc) is 3.26. The first-order chi connectivity index (χ1) is 16.7. The van der Waals surface area contributed by atoms with E-state index in [0.29, 0.717) is 19.6 Å². The second kappa shape index (κ2) is 10.1. The Labute approximate surface area is 203 Å². The second-order valence-electron chi connectivity index (χ2n) is 8.34. The molecule has 0 bridgehead atoms. The molecule has 1 amide bonds. The number of amides is 1. The van der Waals surface area contributed by atoms with E-state index in [1.54, 1.807) is 23.7 Å². The van der Waals surface area contributed by atoms with Gasteiger partial charge in [0, 0.05) is 35.8 Å². The van der Waals surface area contributed by atoms with Crippen molar-refractivity contribution in [1.29, 1.82) is 0 Å². The summed E-state index contributed by atoms with van der Waals surface area (Å²) in [5.74, 6) is 0.908. The number of hydrogen-bond acceptors (Lipinski definition) is 6. The van der Waals surface area contributed by atoms with Crippen LogP contribution < -0.4 is 10.6 Å². The monoisotopic (exact) mass is 469 g/mol. The minimum Gasteiger partial charge on any atom is -0.382 e. The zero-order valence-electron chi connectivity index (χ0n) is 19.1. The first kappa shape index (κ1) is 22.1. The van der Waals surface area contributed by atoms with Crippen molar-refractivity contribution in [2.75, 3.05) is 23.7 Å². The molecule has 2 aromatic heterocycles. The van der Waals surface area contributed by atoms with E-state index in [2.05, 4.69) is 39.7 Å². The quantitative estimate of drug-likeness (QED) is 0.354. The average molecular weight is 470 g/mol. The Balaban J connectivity index is 1.27. The third kappa shape index (κ3) is 4.79. The van der Waals surface area contributed by atoms with Crippen LogP contribution >= 0.6 is 11.3 Å². The summed E-state index contributed by atoms with van der Waals surface area (Å²) < 4.78 is 0. The Morgan fingerprint density at radius 3 is 2.68 bits per heavy atom. The van der Waals surface area contributed by atoms with Crippen molar-refractivity contribution < 1.29 is 4.79 Å². The van der Waals surface area contributed by atoms with Crippen molar-refractivity contribution >= 4 is 39.0 Å². The highest BCUT2D eigenvalue weighted by Gasteiger charge is 2.25. The molecule has 1 atom stereocenters. The number of fused-ring (bicyclic) bond motifs is 3. The highest BCUT2D eigenvalue weighted by atomic mass is 32.1. The summed E-state index contributed by atoms with van der Waals surface area (Å²) in [5, 5.41) is 7.97. The maximum Gasteiger partial charge on any atom is 0.246 e. The van der Waals surface area contributed by atoms with Crippen LogP contribution in [0.15, 0.2) is 79.1 Å². The third-order valence-corrected chi connectivity index (χ3v) is 7.18. The van der Waals surface area contributed by atoms with Gasteiger partial charge in [-0.1, -0.05) is 54.6 Å². The van der Waals surface area contributed by atoms with Crippen LogP contribution in [0.25, 0.3) is 10.2 Å². The van der Waals surface area contributed by atoms with Crippen LogP contribution in [0.1, 0.15) is 29.0 Å². The summed E-state index contributed by atoms with van der Waals surface area (Å²) in [5.41, 5.74) is 3.52. The number of nitrogens with one attached hydrogen (secondary N) is 2. The number of nitrogens with zero attached hydrogens (tertiary/aromatic N) is 3. The molecule has 0 unspecified atom stereocenters. The van der Waals surface area contributed by atoms with Crippen LogP contribution in [0.5, 0.6) is 0 Å². The lowest BCUT2D eigenvalue weighted by molar-refractivity contribution is -0.126. The summed E-state index contributed by atoms with van der Waals surface area (Å²) >= 11 is 1.66. The molecule has 6 nitrogen and oxygen atoms in total. The predicted molar refractivity (Wildman–Crippen MR) is 139 cm³/mol. The lowest BCUT2D eigenvalue weighted by Gasteiger charge is -2.26. The van der Waals surface area contributed by atoms with Crippen LogP contribution in [0, 0.1) is 0 Å². The molecule has 0 saturated carbocycles. The molecule has 1 aliphatic heterocycles. The zero-order chi connectivity index (χ0) is 23.3. The Kier molecular flexibility index (Phi) is 6.53. The standard InChI is InChI=1S/C27H27N5OS/c1-19(20-9-4-2-5-10-20)31-26-25-22-14-16-32(17-23(22)34-27(25)30-18-29-26)24(33)13-8-15-28-21-11-6-3-7-12-21/h2-13,18-19,28H,14-17H2,1H3,(H,29,30,31)/t19-/m1/s1. The number of hydrogen-bond donors (Lipinski definition) is 2. The number of thiophene rings is 1. The predicted octanol–water partition coefficient (Wildman–Crippen LogP) is 5.42. The molecule has 3 heterocycles. The Bertz CT molecular complexity index is 1300. The molecule has 0 saturated heterocycles. The number of aromatic nitrogens is 2. The summed E-state index contributed by atoms with van der Waals surface area (Å²) in [7, 11) is 0. The fourth-order valence-corrected chi connectivity index (χ4v) is 5.46. The topological polar surface area (TPSA) is 70.2 Å². The van der Waals surface area contributed by atoms with Gasteiger partial charge in [0.2, 0.25) is 5.91 Å². The molecular formula is C27H27N5OS. The van der Waals surface area contributed by atoms with E-state index in [4.69, 9.17) is 0 Å². The van der Waals surface area contributed by atoms with Crippen molar-refractivity contribution in [2.24, 2.45) is 0 Å².